The molecule has 1 aromatic rings. The van der Waals surface area contributed by atoms with E-state index in [2.05, 4.69) is 23.2 Å². The molecule has 1 fully saturated rings. The van der Waals surface area contributed by atoms with E-state index in [1.54, 1.807) is 0 Å². The lowest BCUT2D eigenvalue weighted by molar-refractivity contribution is -0.117. The summed E-state index contributed by atoms with van der Waals surface area (Å²) in [5, 5.41) is 2.94. The molecule has 2 rings (SSSR count). The molecule has 0 spiro atoms. The summed E-state index contributed by atoms with van der Waals surface area (Å²) in [5.41, 5.74) is 7.93. The fourth-order valence-corrected chi connectivity index (χ4v) is 2.28. The van der Waals surface area contributed by atoms with Crippen LogP contribution in [0.4, 0.5) is 5.69 Å². The normalized spacial score (nSPS) is 20.0. The van der Waals surface area contributed by atoms with Gasteiger partial charge in [0.2, 0.25) is 5.91 Å². The number of likely N-dealkylation sites (tertiary alicyclic amines) is 1. The van der Waals surface area contributed by atoms with Crippen molar-refractivity contribution >= 4 is 11.6 Å². The van der Waals surface area contributed by atoms with Crippen molar-refractivity contribution in [1.29, 1.82) is 0 Å². The summed E-state index contributed by atoms with van der Waals surface area (Å²) >= 11 is 0. The van der Waals surface area contributed by atoms with E-state index < -0.39 is 0 Å². The SMILES string of the molecule is CCc1cccc(NC(=O)CN2CCC(N)C2)c1. The van der Waals surface area contributed by atoms with Crippen LogP contribution < -0.4 is 11.1 Å². The summed E-state index contributed by atoms with van der Waals surface area (Å²) in [6.45, 7) is 4.28. The van der Waals surface area contributed by atoms with Crippen molar-refractivity contribution in [1.82, 2.24) is 4.90 Å². The fraction of sp³-hybridized carbons (Fsp3) is 0.500. The Morgan fingerprint density at radius 1 is 1.56 bits per heavy atom. The lowest BCUT2D eigenvalue weighted by Crippen LogP contribution is -2.33. The molecule has 1 aromatic carbocycles. The van der Waals surface area contributed by atoms with Gasteiger partial charge in [-0.1, -0.05) is 19.1 Å². The van der Waals surface area contributed by atoms with Crippen LogP contribution in [0.5, 0.6) is 0 Å². The highest BCUT2D eigenvalue weighted by molar-refractivity contribution is 5.92. The summed E-state index contributed by atoms with van der Waals surface area (Å²) in [7, 11) is 0. The van der Waals surface area contributed by atoms with Gasteiger partial charge in [0.15, 0.2) is 0 Å². The Morgan fingerprint density at radius 3 is 3.06 bits per heavy atom. The number of anilines is 1. The zero-order chi connectivity index (χ0) is 13.0. The standard InChI is InChI=1S/C14H21N3O/c1-2-11-4-3-5-13(8-11)16-14(18)10-17-7-6-12(15)9-17/h3-5,8,12H,2,6-7,9-10,15H2,1H3,(H,16,18). The lowest BCUT2D eigenvalue weighted by atomic mass is 10.1. The van der Waals surface area contributed by atoms with Crippen LogP contribution in [-0.4, -0.2) is 36.5 Å². The fourth-order valence-electron chi connectivity index (χ4n) is 2.28. The topological polar surface area (TPSA) is 58.4 Å². The molecule has 1 heterocycles. The number of nitrogens with zero attached hydrogens (tertiary/aromatic N) is 1. The van der Waals surface area contributed by atoms with E-state index in [1.165, 1.54) is 5.56 Å². The van der Waals surface area contributed by atoms with Gasteiger partial charge in [-0.25, -0.2) is 0 Å². The van der Waals surface area contributed by atoms with Crippen molar-refractivity contribution in [2.45, 2.75) is 25.8 Å². The maximum absolute atomic E-state index is 11.9. The third-order valence-electron chi connectivity index (χ3n) is 3.30. The van der Waals surface area contributed by atoms with E-state index in [1.807, 2.05) is 18.2 Å². The molecular formula is C14H21N3O. The van der Waals surface area contributed by atoms with E-state index in [9.17, 15) is 4.79 Å². The maximum atomic E-state index is 11.9. The smallest absolute Gasteiger partial charge is 0.238 e. The minimum absolute atomic E-state index is 0.0392. The van der Waals surface area contributed by atoms with E-state index in [4.69, 9.17) is 5.73 Å². The number of aryl methyl sites for hydroxylation is 1. The molecule has 1 atom stereocenters. The van der Waals surface area contributed by atoms with Gasteiger partial charge >= 0.3 is 0 Å². The quantitative estimate of drug-likeness (QED) is 0.841. The number of carbonyl (C=O) groups is 1. The van der Waals surface area contributed by atoms with Crippen molar-refractivity contribution in [3.63, 3.8) is 0 Å². The average molecular weight is 247 g/mol. The summed E-state index contributed by atoms with van der Waals surface area (Å²) in [5.74, 6) is 0.0392. The van der Waals surface area contributed by atoms with Gasteiger partial charge in [0.1, 0.15) is 0 Å². The second-order valence-electron chi connectivity index (χ2n) is 4.89. The number of nitrogens with one attached hydrogen (secondary N) is 1. The number of benzene rings is 1. The van der Waals surface area contributed by atoms with E-state index >= 15 is 0 Å². The Bertz CT molecular complexity index is 419. The van der Waals surface area contributed by atoms with Crippen LogP contribution in [0.1, 0.15) is 18.9 Å². The van der Waals surface area contributed by atoms with Crippen molar-refractivity contribution in [3.05, 3.63) is 29.8 Å². The van der Waals surface area contributed by atoms with Gasteiger partial charge in [-0.05, 0) is 30.5 Å². The van der Waals surface area contributed by atoms with Crippen molar-refractivity contribution < 1.29 is 4.79 Å². The molecule has 3 N–H and O–H groups in total. The number of nitrogens with two attached hydrogens (primary N) is 1. The van der Waals surface area contributed by atoms with Crippen LogP contribution in [0.3, 0.4) is 0 Å². The second-order valence-corrected chi connectivity index (χ2v) is 4.89. The minimum Gasteiger partial charge on any atom is -0.326 e. The maximum Gasteiger partial charge on any atom is 0.238 e. The summed E-state index contributed by atoms with van der Waals surface area (Å²) in [6, 6.07) is 8.21. The Morgan fingerprint density at radius 2 is 2.39 bits per heavy atom. The molecule has 4 heteroatoms. The molecule has 18 heavy (non-hydrogen) atoms. The minimum atomic E-state index is 0.0392. The highest BCUT2D eigenvalue weighted by atomic mass is 16.2. The first-order chi connectivity index (χ1) is 8.67. The van der Waals surface area contributed by atoms with Crippen molar-refractivity contribution in [2.24, 2.45) is 5.73 Å². The molecule has 0 saturated carbocycles. The second kappa shape index (κ2) is 5.98. The first-order valence-corrected chi connectivity index (χ1v) is 6.54. The molecule has 1 saturated heterocycles. The largest absolute Gasteiger partial charge is 0.326 e. The predicted molar refractivity (Wildman–Crippen MR) is 73.5 cm³/mol. The molecule has 0 aliphatic carbocycles. The number of carbonyl (C=O) groups excluding carboxylic acids is 1. The highest BCUT2D eigenvalue weighted by Gasteiger charge is 2.20. The molecule has 4 nitrogen and oxygen atoms in total. The number of rotatable bonds is 4. The Labute approximate surface area is 108 Å². The zero-order valence-corrected chi connectivity index (χ0v) is 10.9. The monoisotopic (exact) mass is 247 g/mol. The number of amides is 1. The summed E-state index contributed by atoms with van der Waals surface area (Å²) in [4.78, 5) is 14.0. The lowest BCUT2D eigenvalue weighted by Gasteiger charge is -2.14. The summed E-state index contributed by atoms with van der Waals surface area (Å²) in [6.07, 6.45) is 1.96. The molecule has 1 unspecified atom stereocenters. The van der Waals surface area contributed by atoms with Gasteiger partial charge in [0.25, 0.3) is 0 Å². The van der Waals surface area contributed by atoms with Gasteiger partial charge in [0.05, 0.1) is 6.54 Å². The van der Waals surface area contributed by atoms with Gasteiger partial charge in [-0.15, -0.1) is 0 Å². The van der Waals surface area contributed by atoms with Crippen LogP contribution in [0.15, 0.2) is 24.3 Å². The molecule has 0 bridgehead atoms. The molecule has 0 aromatic heterocycles. The molecule has 0 radical (unpaired) electrons. The van der Waals surface area contributed by atoms with Crippen molar-refractivity contribution in [3.8, 4) is 0 Å². The molecule has 98 valence electrons. The summed E-state index contributed by atoms with van der Waals surface area (Å²) < 4.78 is 0. The molecular weight excluding hydrogens is 226 g/mol. The Kier molecular flexibility index (Phi) is 4.33. The van der Waals surface area contributed by atoms with E-state index in [-0.39, 0.29) is 11.9 Å². The first-order valence-electron chi connectivity index (χ1n) is 6.54. The predicted octanol–water partition coefficient (Wildman–Crippen LogP) is 1.22. The first kappa shape index (κ1) is 13.1. The molecule has 1 amide bonds. The van der Waals surface area contributed by atoms with Gasteiger partial charge in [0, 0.05) is 24.8 Å². The van der Waals surface area contributed by atoms with Gasteiger partial charge < -0.3 is 11.1 Å². The van der Waals surface area contributed by atoms with Gasteiger partial charge in [-0.2, -0.15) is 0 Å². The van der Waals surface area contributed by atoms with Crippen LogP contribution in [0.25, 0.3) is 0 Å². The van der Waals surface area contributed by atoms with E-state index in [0.717, 1.165) is 31.6 Å². The zero-order valence-electron chi connectivity index (χ0n) is 10.9. The van der Waals surface area contributed by atoms with Crippen LogP contribution in [-0.2, 0) is 11.2 Å². The van der Waals surface area contributed by atoms with Crippen LogP contribution >= 0.6 is 0 Å². The molecule has 1 aliphatic rings. The third-order valence-corrected chi connectivity index (χ3v) is 3.30. The Hall–Kier alpha value is -1.39. The Balaban J connectivity index is 1.86. The highest BCUT2D eigenvalue weighted by Crippen LogP contribution is 2.12. The number of hydrogen-bond acceptors (Lipinski definition) is 3. The molecule has 1 aliphatic heterocycles. The van der Waals surface area contributed by atoms with E-state index in [0.29, 0.717) is 6.54 Å². The van der Waals surface area contributed by atoms with Crippen LogP contribution in [0.2, 0.25) is 0 Å². The number of hydrogen-bond donors (Lipinski definition) is 2. The van der Waals surface area contributed by atoms with Crippen LogP contribution in [0, 0.1) is 0 Å². The van der Waals surface area contributed by atoms with Crippen molar-refractivity contribution in [2.75, 3.05) is 25.0 Å². The van der Waals surface area contributed by atoms with Gasteiger partial charge in [-0.3, -0.25) is 9.69 Å². The third kappa shape index (κ3) is 3.55. The average Bonchev–Trinajstić information content (AvgIpc) is 2.74.